The summed E-state index contributed by atoms with van der Waals surface area (Å²) in [5, 5.41) is 0. The van der Waals surface area contributed by atoms with Crippen molar-refractivity contribution in [2.75, 3.05) is 0 Å². The fraction of sp³-hybridized carbons (Fsp3) is 1.00. The normalized spacial score (nSPS) is 57.3. The van der Waals surface area contributed by atoms with Crippen LogP contribution < -0.4 is 0 Å². The van der Waals surface area contributed by atoms with Crippen molar-refractivity contribution >= 4 is 0 Å². The number of hydrogen-bond donors (Lipinski definition) is 0. The third-order valence-corrected chi connectivity index (χ3v) is 7.88. The molecule has 102 valence electrons. The molecule has 5 aliphatic carbocycles. The summed E-state index contributed by atoms with van der Waals surface area (Å²) in [5.74, 6) is 7.70. The van der Waals surface area contributed by atoms with Crippen LogP contribution in [-0.2, 0) is 0 Å². The zero-order valence-corrected chi connectivity index (χ0v) is 12.5. The van der Waals surface area contributed by atoms with E-state index in [0.29, 0.717) is 0 Å². The van der Waals surface area contributed by atoms with Crippen molar-refractivity contribution in [3.63, 3.8) is 0 Å². The van der Waals surface area contributed by atoms with Gasteiger partial charge in [0.25, 0.3) is 0 Å². The highest BCUT2D eigenvalue weighted by molar-refractivity contribution is 5.12. The van der Waals surface area contributed by atoms with Gasteiger partial charge in [0.15, 0.2) is 0 Å². The van der Waals surface area contributed by atoms with E-state index in [1.807, 2.05) is 0 Å². The molecule has 0 saturated heterocycles. The SMILES string of the molecule is CCC1CC2C3CC4CC2C(C1)C(C(C)C)(C4)C3. The minimum Gasteiger partial charge on any atom is -0.0651 e. The Bertz CT molecular complexity index is 344. The first-order valence-corrected chi connectivity index (χ1v) is 8.64. The van der Waals surface area contributed by atoms with Crippen LogP contribution in [0.5, 0.6) is 0 Å². The molecule has 0 nitrogen and oxygen atoms in total. The molecule has 0 amide bonds. The Kier molecular flexibility index (Phi) is 2.47. The lowest BCUT2D eigenvalue weighted by molar-refractivity contribution is -0.195. The van der Waals surface area contributed by atoms with Crippen LogP contribution >= 0.6 is 0 Å². The molecule has 0 aliphatic heterocycles. The minimum atomic E-state index is 0.779. The molecule has 0 aromatic heterocycles. The Hall–Kier alpha value is 0. The highest BCUT2D eigenvalue weighted by Gasteiger charge is 2.62. The van der Waals surface area contributed by atoms with Gasteiger partial charge < -0.3 is 0 Å². The zero-order chi connectivity index (χ0) is 12.5. The first-order valence-electron chi connectivity index (χ1n) is 8.64. The van der Waals surface area contributed by atoms with Crippen LogP contribution in [0.3, 0.4) is 0 Å². The van der Waals surface area contributed by atoms with Gasteiger partial charge in [-0.05, 0) is 85.4 Å². The molecular formula is C18H30. The molecule has 0 aromatic carbocycles. The van der Waals surface area contributed by atoms with Gasteiger partial charge in [0.05, 0.1) is 0 Å². The smallest absolute Gasteiger partial charge is 0.0238 e. The van der Waals surface area contributed by atoms with Gasteiger partial charge in [0.1, 0.15) is 0 Å². The predicted octanol–water partition coefficient (Wildman–Crippen LogP) is 5.13. The van der Waals surface area contributed by atoms with Gasteiger partial charge in [-0.15, -0.1) is 0 Å². The number of rotatable bonds is 2. The maximum absolute atomic E-state index is 2.54. The summed E-state index contributed by atoms with van der Waals surface area (Å²) in [7, 11) is 0. The summed E-state index contributed by atoms with van der Waals surface area (Å²) >= 11 is 0. The molecule has 7 unspecified atom stereocenters. The first-order chi connectivity index (χ1) is 8.64. The van der Waals surface area contributed by atoms with E-state index < -0.39 is 0 Å². The fourth-order valence-electron chi connectivity index (χ4n) is 7.16. The topological polar surface area (TPSA) is 0 Å². The Morgan fingerprint density at radius 3 is 2.56 bits per heavy atom. The predicted molar refractivity (Wildman–Crippen MR) is 76.2 cm³/mol. The molecule has 0 aromatic rings. The second-order valence-corrected chi connectivity index (χ2v) is 8.57. The van der Waals surface area contributed by atoms with Crippen molar-refractivity contribution in [1.82, 2.24) is 0 Å². The third-order valence-electron chi connectivity index (χ3n) is 7.88. The van der Waals surface area contributed by atoms with E-state index in [-0.39, 0.29) is 0 Å². The van der Waals surface area contributed by atoms with Crippen molar-refractivity contribution < 1.29 is 0 Å². The molecule has 0 radical (unpaired) electrons. The summed E-state index contributed by atoms with van der Waals surface area (Å²) in [6, 6.07) is 0. The largest absolute Gasteiger partial charge is 0.0651 e. The molecule has 6 bridgehead atoms. The van der Waals surface area contributed by atoms with Crippen LogP contribution in [0.2, 0.25) is 0 Å². The lowest BCUT2D eigenvalue weighted by Gasteiger charge is -2.69. The summed E-state index contributed by atoms with van der Waals surface area (Å²) in [6.45, 7) is 7.52. The van der Waals surface area contributed by atoms with E-state index in [2.05, 4.69) is 20.8 Å². The summed E-state index contributed by atoms with van der Waals surface area (Å²) in [6.07, 6.45) is 11.1. The molecule has 0 heterocycles. The lowest BCUT2D eigenvalue weighted by Crippen LogP contribution is -2.61. The molecule has 5 aliphatic rings. The lowest BCUT2D eigenvalue weighted by atomic mass is 9.36. The van der Waals surface area contributed by atoms with Gasteiger partial charge in [-0.25, -0.2) is 0 Å². The highest BCUT2D eigenvalue weighted by Crippen LogP contribution is 2.71. The van der Waals surface area contributed by atoms with Gasteiger partial charge in [0, 0.05) is 0 Å². The van der Waals surface area contributed by atoms with Crippen molar-refractivity contribution in [1.29, 1.82) is 0 Å². The van der Waals surface area contributed by atoms with Crippen molar-refractivity contribution in [2.45, 2.75) is 65.7 Å². The maximum Gasteiger partial charge on any atom is -0.0238 e. The van der Waals surface area contributed by atoms with Crippen molar-refractivity contribution in [3.8, 4) is 0 Å². The highest BCUT2D eigenvalue weighted by atomic mass is 14.7. The van der Waals surface area contributed by atoms with Crippen LogP contribution in [-0.4, -0.2) is 0 Å². The van der Waals surface area contributed by atoms with Crippen molar-refractivity contribution in [2.24, 2.45) is 46.8 Å². The molecule has 18 heavy (non-hydrogen) atoms. The maximum atomic E-state index is 2.54. The zero-order valence-electron chi connectivity index (χ0n) is 12.5. The van der Waals surface area contributed by atoms with E-state index in [9.17, 15) is 0 Å². The van der Waals surface area contributed by atoms with Crippen LogP contribution in [0.4, 0.5) is 0 Å². The molecule has 5 rings (SSSR count). The van der Waals surface area contributed by atoms with E-state index in [1.165, 1.54) is 6.42 Å². The third kappa shape index (κ3) is 1.33. The first kappa shape index (κ1) is 11.8. The molecule has 0 heteroatoms. The van der Waals surface area contributed by atoms with Crippen LogP contribution in [0, 0.1) is 46.8 Å². The Balaban J connectivity index is 1.74. The standard InChI is InChI=1S/C18H30/c1-4-12-6-15-14-5-13-7-16(15)17(8-12)18(9-13,10-14)11(2)3/h11-17H,4-10H2,1-3H3. The monoisotopic (exact) mass is 246 g/mol. The Morgan fingerprint density at radius 1 is 1.00 bits per heavy atom. The summed E-state index contributed by atoms with van der Waals surface area (Å²) in [4.78, 5) is 0. The average Bonchev–Trinajstić information content (AvgIpc) is 2.36. The molecule has 5 fully saturated rings. The summed E-state index contributed by atoms with van der Waals surface area (Å²) < 4.78 is 0. The molecule has 0 N–H and O–H groups in total. The molecular weight excluding hydrogens is 216 g/mol. The van der Waals surface area contributed by atoms with Gasteiger partial charge in [-0.1, -0.05) is 27.2 Å². The van der Waals surface area contributed by atoms with E-state index in [4.69, 9.17) is 0 Å². The van der Waals surface area contributed by atoms with Crippen molar-refractivity contribution in [3.05, 3.63) is 0 Å². The molecule has 7 atom stereocenters. The van der Waals surface area contributed by atoms with Gasteiger partial charge in [-0.2, -0.15) is 0 Å². The van der Waals surface area contributed by atoms with Gasteiger partial charge in [0.2, 0.25) is 0 Å². The number of hydrogen-bond acceptors (Lipinski definition) is 0. The van der Waals surface area contributed by atoms with E-state index >= 15 is 0 Å². The second kappa shape index (κ2) is 3.76. The second-order valence-electron chi connectivity index (χ2n) is 8.57. The minimum absolute atomic E-state index is 0.779. The van der Waals surface area contributed by atoms with Gasteiger partial charge in [-0.3, -0.25) is 0 Å². The van der Waals surface area contributed by atoms with Crippen LogP contribution in [0.25, 0.3) is 0 Å². The van der Waals surface area contributed by atoms with Gasteiger partial charge >= 0.3 is 0 Å². The molecule has 0 spiro atoms. The Labute approximate surface area is 113 Å². The fourth-order valence-corrected chi connectivity index (χ4v) is 7.16. The van der Waals surface area contributed by atoms with E-state index in [1.54, 1.807) is 38.5 Å². The van der Waals surface area contributed by atoms with Crippen LogP contribution in [0.15, 0.2) is 0 Å². The quantitative estimate of drug-likeness (QED) is 0.633. The average molecular weight is 246 g/mol. The van der Waals surface area contributed by atoms with Crippen LogP contribution in [0.1, 0.15) is 65.7 Å². The van der Waals surface area contributed by atoms with E-state index in [0.717, 1.165) is 46.8 Å². The Morgan fingerprint density at radius 2 is 1.83 bits per heavy atom. The summed E-state index contributed by atoms with van der Waals surface area (Å²) in [5.41, 5.74) is 0.779. The molecule has 5 saturated carbocycles.